The predicted octanol–water partition coefficient (Wildman–Crippen LogP) is 2.07. The fraction of sp³-hybridized carbons (Fsp3) is 0.300. The summed E-state index contributed by atoms with van der Waals surface area (Å²) in [6.07, 6.45) is 0.452. The molecule has 0 fully saturated rings. The van der Waals surface area contributed by atoms with Crippen LogP contribution in [0.25, 0.3) is 6.08 Å². The Morgan fingerprint density at radius 1 is 1.41 bits per heavy atom. The molecule has 7 heteroatoms. The van der Waals surface area contributed by atoms with E-state index in [1.807, 2.05) is 0 Å². The Balaban J connectivity index is 2.66. The van der Waals surface area contributed by atoms with Crippen LogP contribution in [-0.4, -0.2) is 23.0 Å². The number of carbonyl (C=O) groups excluding carboxylic acids is 1. The number of ether oxygens (including phenoxy) is 1. The van der Waals surface area contributed by atoms with Gasteiger partial charge in [0.05, 0.1) is 13.5 Å². The number of hydrogen-bond acceptors (Lipinski definition) is 4. The van der Waals surface area contributed by atoms with E-state index in [4.69, 9.17) is 0 Å². The molecular formula is C10H9F3N2O2. The molecule has 0 saturated carbocycles. The van der Waals surface area contributed by atoms with Crippen molar-refractivity contribution in [1.29, 1.82) is 0 Å². The van der Waals surface area contributed by atoms with Crippen molar-refractivity contribution < 1.29 is 22.7 Å². The number of rotatable bonds is 3. The summed E-state index contributed by atoms with van der Waals surface area (Å²) in [5.41, 5.74) is 0.377. The van der Waals surface area contributed by atoms with Gasteiger partial charge in [-0.15, -0.1) is 0 Å². The van der Waals surface area contributed by atoms with E-state index in [2.05, 4.69) is 14.7 Å². The summed E-state index contributed by atoms with van der Waals surface area (Å²) in [5, 5.41) is 0. The second-order valence-corrected chi connectivity index (χ2v) is 3.02. The Hall–Kier alpha value is -1.92. The van der Waals surface area contributed by atoms with Gasteiger partial charge in [-0.2, -0.15) is 13.2 Å². The van der Waals surface area contributed by atoms with Crippen molar-refractivity contribution in [3.05, 3.63) is 29.9 Å². The molecule has 0 aromatic carbocycles. The standard InChI is InChI=1S/C10H9F3N2O2/c1-17-8(16)4-2-3-7-5-14-9(15-6-7)10(11,12)13/h2-3,5-6H,4H2,1H3. The maximum absolute atomic E-state index is 12.1. The number of halogens is 3. The number of methoxy groups -OCH3 is 1. The van der Waals surface area contributed by atoms with Gasteiger partial charge in [0.15, 0.2) is 0 Å². The maximum Gasteiger partial charge on any atom is 0.451 e. The highest BCUT2D eigenvalue weighted by Gasteiger charge is 2.34. The van der Waals surface area contributed by atoms with Gasteiger partial charge in [0.25, 0.3) is 0 Å². The summed E-state index contributed by atoms with van der Waals surface area (Å²) in [7, 11) is 1.25. The molecule has 17 heavy (non-hydrogen) atoms. The number of hydrogen-bond donors (Lipinski definition) is 0. The average Bonchev–Trinajstić information content (AvgIpc) is 2.28. The lowest BCUT2D eigenvalue weighted by Crippen LogP contribution is -2.10. The van der Waals surface area contributed by atoms with Crippen molar-refractivity contribution in [2.24, 2.45) is 0 Å². The quantitative estimate of drug-likeness (QED) is 0.766. The molecule has 0 N–H and O–H groups in total. The van der Waals surface area contributed by atoms with Crippen molar-refractivity contribution in [3.63, 3.8) is 0 Å². The highest BCUT2D eigenvalue weighted by atomic mass is 19.4. The van der Waals surface area contributed by atoms with Crippen LogP contribution in [0.15, 0.2) is 18.5 Å². The van der Waals surface area contributed by atoms with Crippen LogP contribution in [0.4, 0.5) is 13.2 Å². The molecular weight excluding hydrogens is 237 g/mol. The van der Waals surface area contributed by atoms with Gasteiger partial charge in [-0.05, 0) is 0 Å². The zero-order chi connectivity index (χ0) is 12.9. The van der Waals surface area contributed by atoms with Crippen LogP contribution < -0.4 is 0 Å². The number of aromatic nitrogens is 2. The predicted molar refractivity (Wildman–Crippen MR) is 52.7 cm³/mol. The number of esters is 1. The van der Waals surface area contributed by atoms with Crippen LogP contribution in [0.1, 0.15) is 17.8 Å². The van der Waals surface area contributed by atoms with E-state index in [0.29, 0.717) is 5.56 Å². The molecule has 0 saturated heterocycles. The summed E-state index contributed by atoms with van der Waals surface area (Å²) in [6, 6.07) is 0. The third kappa shape index (κ3) is 4.21. The minimum atomic E-state index is -4.55. The van der Waals surface area contributed by atoms with Crippen molar-refractivity contribution in [2.45, 2.75) is 12.6 Å². The molecule has 4 nitrogen and oxygen atoms in total. The lowest BCUT2D eigenvalue weighted by atomic mass is 10.3. The molecule has 1 aromatic heterocycles. The first-order valence-electron chi connectivity index (χ1n) is 4.56. The van der Waals surface area contributed by atoms with Gasteiger partial charge in [-0.3, -0.25) is 4.79 Å². The Bertz CT molecular complexity index is 413. The monoisotopic (exact) mass is 246 g/mol. The first-order chi connectivity index (χ1) is 7.93. The third-order valence-corrected chi connectivity index (χ3v) is 1.75. The number of nitrogens with zero attached hydrogens (tertiary/aromatic N) is 2. The second-order valence-electron chi connectivity index (χ2n) is 3.02. The van der Waals surface area contributed by atoms with E-state index >= 15 is 0 Å². The van der Waals surface area contributed by atoms with Crippen LogP contribution in [-0.2, 0) is 15.7 Å². The van der Waals surface area contributed by atoms with E-state index in [-0.39, 0.29) is 6.42 Å². The van der Waals surface area contributed by atoms with Crippen LogP contribution in [0.2, 0.25) is 0 Å². The van der Waals surface area contributed by atoms with E-state index in [0.717, 1.165) is 12.4 Å². The van der Waals surface area contributed by atoms with Gasteiger partial charge in [0.1, 0.15) is 0 Å². The van der Waals surface area contributed by atoms with E-state index in [9.17, 15) is 18.0 Å². The fourth-order valence-corrected chi connectivity index (χ4v) is 0.945. The first-order valence-corrected chi connectivity index (χ1v) is 4.56. The first kappa shape index (κ1) is 13.1. The van der Waals surface area contributed by atoms with Gasteiger partial charge in [0, 0.05) is 18.0 Å². The van der Waals surface area contributed by atoms with Crippen molar-refractivity contribution in [1.82, 2.24) is 9.97 Å². The van der Waals surface area contributed by atoms with Crippen LogP contribution in [0.3, 0.4) is 0 Å². The summed E-state index contributed by atoms with van der Waals surface area (Å²) >= 11 is 0. The lowest BCUT2D eigenvalue weighted by molar-refractivity contribution is -0.145. The third-order valence-electron chi connectivity index (χ3n) is 1.75. The smallest absolute Gasteiger partial charge is 0.451 e. The molecule has 1 aromatic rings. The van der Waals surface area contributed by atoms with E-state index < -0.39 is 18.0 Å². The Morgan fingerprint density at radius 2 is 2.00 bits per heavy atom. The molecule has 0 spiro atoms. The second kappa shape index (κ2) is 5.42. The van der Waals surface area contributed by atoms with Gasteiger partial charge in [-0.1, -0.05) is 12.2 Å². The minimum absolute atomic E-state index is 0.0392. The van der Waals surface area contributed by atoms with Crippen molar-refractivity contribution in [3.8, 4) is 0 Å². The molecule has 0 radical (unpaired) electrons. The average molecular weight is 246 g/mol. The highest BCUT2D eigenvalue weighted by Crippen LogP contribution is 2.25. The van der Waals surface area contributed by atoms with E-state index in [1.165, 1.54) is 19.3 Å². The summed E-state index contributed by atoms with van der Waals surface area (Å²) in [5.74, 6) is -1.63. The number of carbonyl (C=O) groups is 1. The minimum Gasteiger partial charge on any atom is -0.469 e. The Labute approximate surface area is 95.1 Å². The Kier molecular flexibility index (Phi) is 4.19. The zero-order valence-electron chi connectivity index (χ0n) is 8.86. The molecule has 1 heterocycles. The molecule has 0 aliphatic rings. The normalized spacial score (nSPS) is 11.8. The summed E-state index contributed by atoms with van der Waals surface area (Å²) < 4.78 is 40.7. The lowest BCUT2D eigenvalue weighted by Gasteiger charge is -2.03. The maximum atomic E-state index is 12.1. The summed E-state index contributed by atoms with van der Waals surface area (Å²) in [6.45, 7) is 0. The molecule has 1 rings (SSSR count). The topological polar surface area (TPSA) is 52.1 Å². The van der Waals surface area contributed by atoms with Gasteiger partial charge >= 0.3 is 12.1 Å². The van der Waals surface area contributed by atoms with Gasteiger partial charge < -0.3 is 4.74 Å². The molecule has 0 unspecified atom stereocenters. The molecule has 0 aliphatic heterocycles. The van der Waals surface area contributed by atoms with Crippen LogP contribution in [0, 0.1) is 0 Å². The van der Waals surface area contributed by atoms with Crippen molar-refractivity contribution in [2.75, 3.05) is 7.11 Å². The summed E-state index contributed by atoms with van der Waals surface area (Å²) in [4.78, 5) is 17.1. The zero-order valence-corrected chi connectivity index (χ0v) is 8.86. The van der Waals surface area contributed by atoms with E-state index in [1.54, 1.807) is 0 Å². The fourth-order valence-electron chi connectivity index (χ4n) is 0.945. The van der Waals surface area contributed by atoms with Gasteiger partial charge in [0.2, 0.25) is 5.82 Å². The molecule has 0 amide bonds. The molecule has 0 bridgehead atoms. The van der Waals surface area contributed by atoms with Gasteiger partial charge in [-0.25, -0.2) is 9.97 Å². The highest BCUT2D eigenvalue weighted by molar-refractivity contribution is 5.72. The Morgan fingerprint density at radius 3 is 2.47 bits per heavy atom. The molecule has 0 atom stereocenters. The largest absolute Gasteiger partial charge is 0.469 e. The molecule has 0 aliphatic carbocycles. The van der Waals surface area contributed by atoms with Crippen molar-refractivity contribution >= 4 is 12.0 Å². The number of alkyl halides is 3. The molecule has 92 valence electrons. The van der Waals surface area contributed by atoms with Crippen LogP contribution in [0.5, 0.6) is 0 Å². The SMILES string of the molecule is COC(=O)CC=Cc1cnc(C(F)(F)F)nc1. The van der Waals surface area contributed by atoms with Crippen LogP contribution >= 0.6 is 0 Å².